The van der Waals surface area contributed by atoms with Crippen LogP contribution in [0, 0.1) is 13.8 Å². The molecule has 0 aliphatic rings. The summed E-state index contributed by atoms with van der Waals surface area (Å²) in [5.74, 6) is -0.981. The fraction of sp³-hybridized carbons (Fsp3) is 0.185. The van der Waals surface area contributed by atoms with E-state index in [2.05, 4.69) is 0 Å². The number of hydrogen-bond acceptors (Lipinski definition) is 6. The van der Waals surface area contributed by atoms with Crippen molar-refractivity contribution in [2.45, 2.75) is 32.6 Å². The number of hydrogen-bond donors (Lipinski definition) is 0. The molecule has 0 bridgehead atoms. The maximum Gasteiger partial charge on any atom is 0.342 e. The molecule has 0 atom stereocenters. The predicted octanol–water partition coefficient (Wildman–Crippen LogP) is 5.64. The number of amides is 1. The Labute approximate surface area is 204 Å². The minimum absolute atomic E-state index is 0.0289. The van der Waals surface area contributed by atoms with Crippen molar-refractivity contribution in [3.05, 3.63) is 83.4 Å². The number of esters is 1. The number of benzene rings is 3. The summed E-state index contributed by atoms with van der Waals surface area (Å²) in [6, 6.07) is 18.5. The van der Waals surface area contributed by atoms with Crippen LogP contribution in [0.5, 0.6) is 0 Å². The van der Waals surface area contributed by atoms with Crippen LogP contribution in [0.2, 0.25) is 0 Å². The Morgan fingerprint density at radius 1 is 0.971 bits per heavy atom. The summed E-state index contributed by atoms with van der Waals surface area (Å²) in [6.07, 6.45) is 0. The Morgan fingerprint density at radius 3 is 2.31 bits per heavy atom. The van der Waals surface area contributed by atoms with Crippen LogP contribution in [-0.4, -0.2) is 26.9 Å². The molecule has 0 unspecified atom stereocenters. The Hall–Kier alpha value is -3.91. The van der Waals surface area contributed by atoms with E-state index in [0.29, 0.717) is 27.9 Å². The number of rotatable bonds is 6. The van der Waals surface area contributed by atoms with Crippen LogP contribution in [0.25, 0.3) is 22.3 Å². The largest absolute Gasteiger partial charge is 0.462 e. The van der Waals surface area contributed by atoms with Gasteiger partial charge in [-0.15, -0.1) is 0 Å². The molecule has 4 aromatic rings. The fourth-order valence-corrected chi connectivity index (χ4v) is 5.72. The lowest BCUT2D eigenvalue weighted by atomic mass is 10.1. The summed E-state index contributed by atoms with van der Waals surface area (Å²) in [4.78, 5) is 25.6. The molecule has 0 aliphatic carbocycles. The normalized spacial score (nSPS) is 11.4. The van der Waals surface area contributed by atoms with Gasteiger partial charge in [-0.1, -0.05) is 48.0 Å². The van der Waals surface area contributed by atoms with Crippen molar-refractivity contribution in [1.82, 2.24) is 0 Å². The lowest BCUT2D eigenvalue weighted by Crippen LogP contribution is -2.35. The van der Waals surface area contributed by atoms with Crippen molar-refractivity contribution >= 4 is 38.6 Å². The summed E-state index contributed by atoms with van der Waals surface area (Å²) in [5.41, 5.74) is 2.73. The summed E-state index contributed by atoms with van der Waals surface area (Å²) >= 11 is 0. The summed E-state index contributed by atoms with van der Waals surface area (Å²) in [5, 5.41) is 0.349. The van der Waals surface area contributed by atoms with Gasteiger partial charge in [0, 0.05) is 17.9 Å². The number of nitrogens with zero attached hydrogens (tertiary/aromatic N) is 1. The van der Waals surface area contributed by atoms with Crippen molar-refractivity contribution in [2.75, 3.05) is 10.9 Å². The highest BCUT2D eigenvalue weighted by Crippen LogP contribution is 2.37. The number of ether oxygens (including phenoxy) is 1. The maximum atomic E-state index is 13.6. The molecule has 1 aromatic heterocycles. The van der Waals surface area contributed by atoms with E-state index in [4.69, 9.17) is 9.15 Å². The van der Waals surface area contributed by atoms with Gasteiger partial charge in [-0.2, -0.15) is 0 Å². The van der Waals surface area contributed by atoms with Gasteiger partial charge < -0.3 is 9.15 Å². The zero-order valence-corrected chi connectivity index (χ0v) is 20.7. The molecule has 4 rings (SSSR count). The maximum absolute atomic E-state index is 13.6. The molecule has 0 fully saturated rings. The van der Waals surface area contributed by atoms with Gasteiger partial charge in [0.1, 0.15) is 16.9 Å². The van der Waals surface area contributed by atoms with E-state index in [9.17, 15) is 18.0 Å². The molecule has 35 heavy (non-hydrogen) atoms. The zero-order chi connectivity index (χ0) is 25.3. The SMILES string of the molecule is CCOC(=O)c1c(-c2ccccc2)oc2ccc(N(C(C)=O)S(=O)(=O)c3ccc(C)cc3C)cc12. The van der Waals surface area contributed by atoms with Crippen LogP contribution < -0.4 is 4.31 Å². The molecule has 0 N–H and O–H groups in total. The quantitative estimate of drug-likeness (QED) is 0.324. The third-order valence-corrected chi connectivity index (χ3v) is 7.52. The van der Waals surface area contributed by atoms with Crippen molar-refractivity contribution in [1.29, 1.82) is 0 Å². The van der Waals surface area contributed by atoms with Gasteiger partial charge in [-0.25, -0.2) is 17.5 Å². The van der Waals surface area contributed by atoms with Crippen LogP contribution in [0.3, 0.4) is 0 Å². The van der Waals surface area contributed by atoms with Crippen molar-refractivity contribution < 1.29 is 27.2 Å². The van der Waals surface area contributed by atoms with E-state index in [0.717, 1.165) is 9.87 Å². The van der Waals surface area contributed by atoms with Crippen LogP contribution in [0.15, 0.2) is 76.0 Å². The predicted molar refractivity (Wildman–Crippen MR) is 134 cm³/mol. The van der Waals surface area contributed by atoms with Crippen molar-refractivity contribution in [3.8, 4) is 11.3 Å². The van der Waals surface area contributed by atoms with Crippen LogP contribution in [-0.2, 0) is 19.6 Å². The van der Waals surface area contributed by atoms with Crippen molar-refractivity contribution in [3.63, 3.8) is 0 Å². The molecule has 180 valence electrons. The first kappa shape index (κ1) is 24.2. The van der Waals surface area contributed by atoms with Crippen molar-refractivity contribution in [2.24, 2.45) is 0 Å². The lowest BCUT2D eigenvalue weighted by molar-refractivity contribution is -0.115. The highest BCUT2D eigenvalue weighted by molar-refractivity contribution is 7.93. The minimum atomic E-state index is -4.22. The highest BCUT2D eigenvalue weighted by atomic mass is 32.2. The molecule has 0 saturated heterocycles. The van der Waals surface area contributed by atoms with Crippen LogP contribution in [0.4, 0.5) is 5.69 Å². The van der Waals surface area contributed by atoms with Gasteiger partial charge in [0.05, 0.1) is 17.2 Å². The third kappa shape index (κ3) is 4.44. The Morgan fingerprint density at radius 2 is 1.69 bits per heavy atom. The molecular formula is C27H25NO6S. The smallest absolute Gasteiger partial charge is 0.342 e. The Balaban J connectivity index is 1.94. The lowest BCUT2D eigenvalue weighted by Gasteiger charge is -2.22. The molecule has 0 saturated carbocycles. The number of aryl methyl sites for hydroxylation is 2. The van der Waals surface area contributed by atoms with Gasteiger partial charge in [-0.05, 0) is 50.6 Å². The van der Waals surface area contributed by atoms with Gasteiger partial charge in [0.2, 0.25) is 5.91 Å². The number of carbonyl (C=O) groups excluding carboxylic acids is 2. The second-order valence-corrected chi connectivity index (χ2v) is 9.89. The zero-order valence-electron chi connectivity index (χ0n) is 19.9. The van der Waals surface area contributed by atoms with E-state index >= 15 is 0 Å². The number of anilines is 1. The average molecular weight is 492 g/mol. The molecular weight excluding hydrogens is 466 g/mol. The molecule has 0 aliphatic heterocycles. The highest BCUT2D eigenvalue weighted by Gasteiger charge is 2.31. The molecule has 8 heteroatoms. The second-order valence-electron chi connectivity index (χ2n) is 8.13. The number of sulfonamides is 1. The van der Waals surface area contributed by atoms with E-state index < -0.39 is 21.9 Å². The van der Waals surface area contributed by atoms with E-state index in [1.807, 2.05) is 25.1 Å². The first-order chi connectivity index (χ1) is 16.6. The molecule has 0 radical (unpaired) electrons. The third-order valence-electron chi connectivity index (χ3n) is 5.56. The van der Waals surface area contributed by atoms with Gasteiger partial charge in [0.25, 0.3) is 10.0 Å². The number of furan rings is 1. The first-order valence-corrected chi connectivity index (χ1v) is 12.5. The van der Waals surface area contributed by atoms with E-state index in [1.54, 1.807) is 44.2 Å². The van der Waals surface area contributed by atoms with E-state index in [1.165, 1.54) is 25.1 Å². The molecule has 1 heterocycles. The molecule has 0 spiro atoms. The standard InChI is InChI=1S/C27H25NO6S/c1-5-33-27(30)25-22-16-21(12-13-23(22)34-26(25)20-9-7-6-8-10-20)28(19(4)29)35(31,32)24-14-11-17(2)15-18(24)3/h6-16H,5H2,1-4H3. The average Bonchev–Trinajstić information content (AvgIpc) is 3.18. The first-order valence-electron chi connectivity index (χ1n) is 11.1. The number of carbonyl (C=O) groups is 2. The molecule has 7 nitrogen and oxygen atoms in total. The molecule has 3 aromatic carbocycles. The summed E-state index contributed by atoms with van der Waals surface area (Å²) in [6.45, 7) is 6.58. The van der Waals surface area contributed by atoms with Crippen LogP contribution >= 0.6 is 0 Å². The van der Waals surface area contributed by atoms with Crippen LogP contribution in [0.1, 0.15) is 35.3 Å². The fourth-order valence-electron chi connectivity index (χ4n) is 4.09. The Bertz CT molecular complexity index is 1540. The summed E-state index contributed by atoms with van der Waals surface area (Å²) in [7, 11) is -4.22. The number of fused-ring (bicyclic) bond motifs is 1. The monoisotopic (exact) mass is 491 g/mol. The van der Waals surface area contributed by atoms with Gasteiger partial charge >= 0.3 is 5.97 Å². The molecule has 1 amide bonds. The Kier molecular flexibility index (Phi) is 6.49. The second kappa shape index (κ2) is 9.38. The topological polar surface area (TPSA) is 93.9 Å². The van der Waals surface area contributed by atoms with Gasteiger partial charge in [0.15, 0.2) is 0 Å². The van der Waals surface area contributed by atoms with Gasteiger partial charge in [-0.3, -0.25) is 4.79 Å². The minimum Gasteiger partial charge on any atom is -0.462 e. The van der Waals surface area contributed by atoms with E-state index in [-0.39, 0.29) is 22.8 Å². The summed E-state index contributed by atoms with van der Waals surface area (Å²) < 4.78 is 39.2.